The van der Waals surface area contributed by atoms with Crippen LogP contribution < -0.4 is 5.32 Å². The number of nitrogens with one attached hydrogen (secondary N) is 1. The highest BCUT2D eigenvalue weighted by Crippen LogP contribution is 2.20. The summed E-state index contributed by atoms with van der Waals surface area (Å²) in [6.07, 6.45) is 0. The Balaban J connectivity index is 2.16. The van der Waals surface area contributed by atoms with Gasteiger partial charge >= 0.3 is 0 Å². The summed E-state index contributed by atoms with van der Waals surface area (Å²) in [6, 6.07) is 15.6. The van der Waals surface area contributed by atoms with Crippen molar-refractivity contribution in [1.82, 2.24) is 5.32 Å². The van der Waals surface area contributed by atoms with Gasteiger partial charge in [-0.3, -0.25) is 4.79 Å². The van der Waals surface area contributed by atoms with Crippen molar-refractivity contribution in [3.8, 4) is 0 Å². The maximum absolute atomic E-state index is 12.3. The quantitative estimate of drug-likeness (QED) is 0.901. The number of halogens is 1. The maximum atomic E-state index is 12.3. The zero-order valence-electron chi connectivity index (χ0n) is 11.0. The molecular weight excluding hydrogens is 302 g/mol. The topological polar surface area (TPSA) is 29.1 Å². The summed E-state index contributed by atoms with van der Waals surface area (Å²) in [7, 11) is 0. The Morgan fingerprint density at radius 2 is 1.79 bits per heavy atom. The molecule has 0 spiro atoms. The monoisotopic (exact) mass is 317 g/mol. The molecule has 2 aromatic rings. The second kappa shape index (κ2) is 6.02. The van der Waals surface area contributed by atoms with E-state index in [1.807, 2.05) is 62.4 Å². The standard InChI is InChI=1S/C16H16BrNO/c1-11-14(9-6-10-15(11)17)16(19)18-12(2)13-7-4-3-5-8-13/h3-10,12H,1-2H3,(H,18,19)/t12-/m0/s1. The first-order valence-corrected chi connectivity index (χ1v) is 7.00. The van der Waals surface area contributed by atoms with Gasteiger partial charge in [-0.2, -0.15) is 0 Å². The molecule has 2 aromatic carbocycles. The van der Waals surface area contributed by atoms with Gasteiger partial charge in [-0.25, -0.2) is 0 Å². The molecule has 0 saturated heterocycles. The first kappa shape index (κ1) is 13.8. The van der Waals surface area contributed by atoms with Crippen LogP contribution in [0.1, 0.15) is 34.5 Å². The molecule has 0 fully saturated rings. The fourth-order valence-electron chi connectivity index (χ4n) is 1.95. The normalized spacial score (nSPS) is 11.9. The van der Waals surface area contributed by atoms with Gasteiger partial charge in [0.25, 0.3) is 5.91 Å². The van der Waals surface area contributed by atoms with E-state index >= 15 is 0 Å². The molecule has 1 amide bonds. The Labute approximate surface area is 122 Å². The van der Waals surface area contributed by atoms with E-state index in [2.05, 4.69) is 21.2 Å². The van der Waals surface area contributed by atoms with Gasteiger partial charge in [-0.15, -0.1) is 0 Å². The molecule has 3 heteroatoms. The summed E-state index contributed by atoms with van der Waals surface area (Å²) < 4.78 is 0.951. The van der Waals surface area contributed by atoms with E-state index in [4.69, 9.17) is 0 Å². The van der Waals surface area contributed by atoms with Crippen molar-refractivity contribution in [2.24, 2.45) is 0 Å². The molecule has 1 atom stereocenters. The summed E-state index contributed by atoms with van der Waals surface area (Å²) in [6.45, 7) is 3.92. The number of benzene rings is 2. The highest BCUT2D eigenvalue weighted by molar-refractivity contribution is 9.10. The van der Waals surface area contributed by atoms with Gasteiger partial charge in [0.15, 0.2) is 0 Å². The molecule has 0 bridgehead atoms. The molecule has 98 valence electrons. The highest BCUT2D eigenvalue weighted by Gasteiger charge is 2.14. The van der Waals surface area contributed by atoms with Crippen molar-refractivity contribution in [2.75, 3.05) is 0 Å². The van der Waals surface area contributed by atoms with E-state index in [0.29, 0.717) is 5.56 Å². The molecule has 2 nitrogen and oxygen atoms in total. The van der Waals surface area contributed by atoms with Crippen molar-refractivity contribution in [2.45, 2.75) is 19.9 Å². The molecule has 0 aliphatic carbocycles. The van der Waals surface area contributed by atoms with Crippen molar-refractivity contribution in [1.29, 1.82) is 0 Å². The van der Waals surface area contributed by atoms with Gasteiger partial charge in [-0.1, -0.05) is 52.3 Å². The molecule has 2 rings (SSSR count). The van der Waals surface area contributed by atoms with Crippen molar-refractivity contribution in [3.05, 3.63) is 69.7 Å². The third-order valence-electron chi connectivity index (χ3n) is 3.16. The van der Waals surface area contributed by atoms with Crippen LogP contribution in [-0.2, 0) is 0 Å². The van der Waals surface area contributed by atoms with Crippen LogP contribution in [0, 0.1) is 6.92 Å². The van der Waals surface area contributed by atoms with Gasteiger partial charge in [-0.05, 0) is 37.1 Å². The van der Waals surface area contributed by atoms with Crippen molar-refractivity contribution >= 4 is 21.8 Å². The molecule has 0 radical (unpaired) electrons. The Hall–Kier alpha value is -1.61. The number of carbonyl (C=O) groups excluding carboxylic acids is 1. The number of carbonyl (C=O) groups is 1. The molecular formula is C16H16BrNO. The summed E-state index contributed by atoms with van der Waals surface area (Å²) in [5, 5.41) is 3.02. The van der Waals surface area contributed by atoms with Crippen LogP contribution in [0.25, 0.3) is 0 Å². The predicted octanol–water partition coefficient (Wildman–Crippen LogP) is 4.25. The van der Waals surface area contributed by atoms with Gasteiger partial charge in [0.05, 0.1) is 6.04 Å². The predicted molar refractivity (Wildman–Crippen MR) is 81.2 cm³/mol. The first-order valence-electron chi connectivity index (χ1n) is 6.20. The summed E-state index contributed by atoms with van der Waals surface area (Å²) in [5.74, 6) is -0.0462. The Morgan fingerprint density at radius 3 is 2.47 bits per heavy atom. The summed E-state index contributed by atoms with van der Waals surface area (Å²) in [4.78, 5) is 12.3. The first-order chi connectivity index (χ1) is 9.09. The van der Waals surface area contributed by atoms with Crippen molar-refractivity contribution in [3.63, 3.8) is 0 Å². The Kier molecular flexibility index (Phi) is 4.38. The lowest BCUT2D eigenvalue weighted by Crippen LogP contribution is -2.27. The van der Waals surface area contributed by atoms with Crippen molar-refractivity contribution < 1.29 is 4.79 Å². The molecule has 0 aliphatic rings. The fourth-order valence-corrected chi connectivity index (χ4v) is 2.32. The SMILES string of the molecule is Cc1c(Br)cccc1C(=O)N[C@@H](C)c1ccccc1. The number of amides is 1. The van der Waals surface area contributed by atoms with Crippen LogP contribution in [0.4, 0.5) is 0 Å². The minimum Gasteiger partial charge on any atom is -0.346 e. The second-order valence-electron chi connectivity index (χ2n) is 4.52. The maximum Gasteiger partial charge on any atom is 0.252 e. The molecule has 0 unspecified atom stereocenters. The lowest BCUT2D eigenvalue weighted by Gasteiger charge is -2.15. The Bertz CT molecular complexity index is 581. The van der Waals surface area contributed by atoms with E-state index in [9.17, 15) is 4.79 Å². The zero-order chi connectivity index (χ0) is 13.8. The van der Waals surface area contributed by atoms with Crippen LogP contribution >= 0.6 is 15.9 Å². The molecule has 0 saturated carbocycles. The molecule has 1 N–H and O–H groups in total. The minimum atomic E-state index is -0.0462. The molecule has 19 heavy (non-hydrogen) atoms. The highest BCUT2D eigenvalue weighted by atomic mass is 79.9. The average Bonchev–Trinajstić information content (AvgIpc) is 2.42. The van der Waals surface area contributed by atoms with Crippen LogP contribution in [0.15, 0.2) is 53.0 Å². The largest absolute Gasteiger partial charge is 0.346 e. The summed E-state index contributed by atoms with van der Waals surface area (Å²) >= 11 is 3.45. The van der Waals surface area contributed by atoms with E-state index in [1.165, 1.54) is 0 Å². The van der Waals surface area contributed by atoms with Gasteiger partial charge in [0, 0.05) is 10.0 Å². The van der Waals surface area contributed by atoms with E-state index in [-0.39, 0.29) is 11.9 Å². The minimum absolute atomic E-state index is 0.00733. The molecule has 0 heterocycles. The number of hydrogen-bond acceptors (Lipinski definition) is 1. The summed E-state index contributed by atoms with van der Waals surface area (Å²) in [5.41, 5.74) is 2.76. The third kappa shape index (κ3) is 3.24. The Morgan fingerprint density at radius 1 is 1.11 bits per heavy atom. The van der Waals surface area contributed by atoms with Crippen LogP contribution in [0.2, 0.25) is 0 Å². The second-order valence-corrected chi connectivity index (χ2v) is 5.37. The third-order valence-corrected chi connectivity index (χ3v) is 4.02. The fraction of sp³-hybridized carbons (Fsp3) is 0.188. The number of hydrogen-bond donors (Lipinski definition) is 1. The smallest absolute Gasteiger partial charge is 0.252 e. The van der Waals surface area contributed by atoms with Crippen LogP contribution in [0.3, 0.4) is 0 Å². The molecule has 0 aliphatic heterocycles. The number of rotatable bonds is 3. The lowest BCUT2D eigenvalue weighted by atomic mass is 10.1. The zero-order valence-corrected chi connectivity index (χ0v) is 12.6. The van der Waals surface area contributed by atoms with Gasteiger partial charge < -0.3 is 5.32 Å². The van der Waals surface area contributed by atoms with E-state index in [0.717, 1.165) is 15.6 Å². The van der Waals surface area contributed by atoms with Gasteiger partial charge in [0.1, 0.15) is 0 Å². The lowest BCUT2D eigenvalue weighted by molar-refractivity contribution is 0.0939. The van der Waals surface area contributed by atoms with Crippen LogP contribution in [-0.4, -0.2) is 5.91 Å². The van der Waals surface area contributed by atoms with Crippen LogP contribution in [0.5, 0.6) is 0 Å². The van der Waals surface area contributed by atoms with E-state index < -0.39 is 0 Å². The average molecular weight is 318 g/mol. The van der Waals surface area contributed by atoms with Gasteiger partial charge in [0.2, 0.25) is 0 Å². The van der Waals surface area contributed by atoms with E-state index in [1.54, 1.807) is 0 Å². The molecule has 0 aromatic heterocycles.